The molecular weight excluding hydrogens is 316 g/mol. The molecule has 6 nitrogen and oxygen atoms in total. The number of anilines is 1. The predicted molar refractivity (Wildman–Crippen MR) is 96.7 cm³/mol. The summed E-state index contributed by atoms with van der Waals surface area (Å²) in [6.45, 7) is 7.03. The molecule has 0 radical (unpaired) electrons. The zero-order chi connectivity index (χ0) is 17.6. The summed E-state index contributed by atoms with van der Waals surface area (Å²) in [7, 11) is 0. The van der Waals surface area contributed by atoms with Crippen molar-refractivity contribution in [3.8, 4) is 5.75 Å². The molecule has 2 aromatic rings. The van der Waals surface area contributed by atoms with Crippen molar-refractivity contribution in [2.24, 2.45) is 5.92 Å². The van der Waals surface area contributed by atoms with Crippen LogP contribution in [0.5, 0.6) is 5.75 Å². The quantitative estimate of drug-likeness (QED) is 0.853. The van der Waals surface area contributed by atoms with Crippen LogP contribution in [0.4, 0.5) is 5.82 Å². The van der Waals surface area contributed by atoms with Gasteiger partial charge in [-0.3, -0.25) is 4.79 Å². The summed E-state index contributed by atoms with van der Waals surface area (Å²) in [6.07, 6.45) is 1.78. The number of rotatable bonds is 4. The van der Waals surface area contributed by atoms with Crippen molar-refractivity contribution in [3.63, 3.8) is 0 Å². The second-order valence-corrected chi connectivity index (χ2v) is 6.36. The van der Waals surface area contributed by atoms with Crippen LogP contribution in [-0.4, -0.2) is 53.6 Å². The number of amides is 1. The average Bonchev–Trinajstić information content (AvgIpc) is 2.84. The van der Waals surface area contributed by atoms with Crippen molar-refractivity contribution in [1.82, 2.24) is 14.9 Å². The van der Waals surface area contributed by atoms with Gasteiger partial charge in [0.2, 0.25) is 5.91 Å². The molecule has 1 saturated heterocycles. The van der Waals surface area contributed by atoms with Gasteiger partial charge in [0.25, 0.3) is 0 Å². The van der Waals surface area contributed by atoms with E-state index in [0.717, 1.165) is 30.5 Å². The Morgan fingerprint density at radius 2 is 2.00 bits per heavy atom. The Labute approximate surface area is 148 Å². The van der Waals surface area contributed by atoms with E-state index in [4.69, 9.17) is 4.74 Å². The lowest BCUT2D eigenvalue weighted by atomic mass is 10.1. The second kappa shape index (κ2) is 7.96. The van der Waals surface area contributed by atoms with E-state index >= 15 is 0 Å². The fraction of sp³-hybridized carbons (Fsp3) is 0.421. The molecule has 1 aromatic heterocycles. The number of ether oxygens (including phenoxy) is 1. The molecule has 0 saturated carbocycles. The van der Waals surface area contributed by atoms with Gasteiger partial charge in [0.05, 0.1) is 6.61 Å². The first-order chi connectivity index (χ1) is 12.1. The normalized spacial score (nSPS) is 17.9. The number of hydrogen-bond acceptors (Lipinski definition) is 5. The SMILES string of the molecule is CC(=O)N1CCN(c2ccnc(C)n2)C[C@H](COc2ccccc2)C1. The number of aromatic nitrogens is 2. The molecule has 1 aromatic carbocycles. The van der Waals surface area contributed by atoms with Gasteiger partial charge >= 0.3 is 0 Å². The number of hydrogen-bond donors (Lipinski definition) is 0. The van der Waals surface area contributed by atoms with Crippen LogP contribution in [-0.2, 0) is 4.79 Å². The number of para-hydroxylation sites is 1. The molecule has 0 unspecified atom stereocenters. The lowest BCUT2D eigenvalue weighted by molar-refractivity contribution is -0.129. The highest BCUT2D eigenvalue weighted by Crippen LogP contribution is 2.18. The maximum absolute atomic E-state index is 11.9. The van der Waals surface area contributed by atoms with Crippen molar-refractivity contribution in [3.05, 3.63) is 48.4 Å². The van der Waals surface area contributed by atoms with Gasteiger partial charge in [0.15, 0.2) is 0 Å². The van der Waals surface area contributed by atoms with Crippen molar-refractivity contribution in [2.75, 3.05) is 37.7 Å². The van der Waals surface area contributed by atoms with Gasteiger partial charge in [0, 0.05) is 45.2 Å². The standard InChI is InChI=1S/C19H24N4O2/c1-15-20-9-8-19(21-15)23-11-10-22(16(2)24)12-17(13-23)14-25-18-6-4-3-5-7-18/h3-9,17H,10-14H2,1-2H3/t17-/m1/s1. The molecule has 0 N–H and O–H groups in total. The highest BCUT2D eigenvalue weighted by atomic mass is 16.5. The predicted octanol–water partition coefficient (Wildman–Crippen LogP) is 2.15. The van der Waals surface area contributed by atoms with Crippen LogP contribution in [0, 0.1) is 12.8 Å². The van der Waals surface area contributed by atoms with Crippen LogP contribution in [0.25, 0.3) is 0 Å². The minimum absolute atomic E-state index is 0.102. The van der Waals surface area contributed by atoms with Crippen LogP contribution in [0.3, 0.4) is 0 Å². The molecular formula is C19H24N4O2. The van der Waals surface area contributed by atoms with Gasteiger partial charge in [-0.25, -0.2) is 9.97 Å². The molecule has 1 aliphatic rings. The number of carbonyl (C=O) groups is 1. The molecule has 2 heterocycles. The number of benzene rings is 1. The Kier molecular flexibility index (Phi) is 5.48. The van der Waals surface area contributed by atoms with Crippen LogP contribution >= 0.6 is 0 Å². The monoisotopic (exact) mass is 340 g/mol. The summed E-state index contributed by atoms with van der Waals surface area (Å²) in [5.41, 5.74) is 0. The molecule has 1 aliphatic heterocycles. The van der Waals surface area contributed by atoms with Crippen molar-refractivity contribution < 1.29 is 9.53 Å². The summed E-state index contributed by atoms with van der Waals surface area (Å²) < 4.78 is 5.94. The highest BCUT2D eigenvalue weighted by molar-refractivity contribution is 5.73. The van der Waals surface area contributed by atoms with E-state index in [1.165, 1.54) is 0 Å². The molecule has 0 aliphatic carbocycles. The fourth-order valence-corrected chi connectivity index (χ4v) is 3.06. The number of aryl methyl sites for hydroxylation is 1. The van der Waals surface area contributed by atoms with E-state index in [9.17, 15) is 4.79 Å². The molecule has 0 spiro atoms. The summed E-state index contributed by atoms with van der Waals surface area (Å²) in [5.74, 6) is 2.82. The van der Waals surface area contributed by atoms with Crippen molar-refractivity contribution in [1.29, 1.82) is 0 Å². The maximum Gasteiger partial charge on any atom is 0.219 e. The topological polar surface area (TPSA) is 58.6 Å². The molecule has 25 heavy (non-hydrogen) atoms. The lowest BCUT2D eigenvalue weighted by Gasteiger charge is -2.25. The Balaban J connectivity index is 1.73. The third kappa shape index (κ3) is 4.68. The van der Waals surface area contributed by atoms with E-state index < -0.39 is 0 Å². The van der Waals surface area contributed by atoms with Crippen LogP contribution in [0.15, 0.2) is 42.6 Å². The Hall–Kier alpha value is -2.63. The van der Waals surface area contributed by atoms with Gasteiger partial charge < -0.3 is 14.5 Å². The van der Waals surface area contributed by atoms with E-state index in [1.807, 2.05) is 48.2 Å². The van der Waals surface area contributed by atoms with Crippen LogP contribution in [0.2, 0.25) is 0 Å². The van der Waals surface area contributed by atoms with Crippen molar-refractivity contribution >= 4 is 11.7 Å². The second-order valence-electron chi connectivity index (χ2n) is 6.36. The maximum atomic E-state index is 11.9. The van der Waals surface area contributed by atoms with Gasteiger partial charge in [0.1, 0.15) is 17.4 Å². The molecule has 132 valence electrons. The minimum Gasteiger partial charge on any atom is -0.493 e. The first-order valence-corrected chi connectivity index (χ1v) is 8.60. The molecule has 3 rings (SSSR count). The largest absolute Gasteiger partial charge is 0.493 e. The number of nitrogens with zero attached hydrogens (tertiary/aromatic N) is 4. The lowest BCUT2D eigenvalue weighted by Crippen LogP contribution is -2.35. The third-order valence-electron chi connectivity index (χ3n) is 4.36. The number of carbonyl (C=O) groups excluding carboxylic acids is 1. The first-order valence-electron chi connectivity index (χ1n) is 8.60. The van der Waals surface area contributed by atoms with E-state index in [-0.39, 0.29) is 11.8 Å². The van der Waals surface area contributed by atoms with Gasteiger partial charge in [-0.05, 0) is 25.1 Å². The zero-order valence-corrected chi connectivity index (χ0v) is 14.8. The average molecular weight is 340 g/mol. The van der Waals surface area contributed by atoms with Gasteiger partial charge in [-0.2, -0.15) is 0 Å². The summed E-state index contributed by atoms with van der Waals surface area (Å²) in [6, 6.07) is 11.7. The van der Waals surface area contributed by atoms with Gasteiger partial charge in [-0.15, -0.1) is 0 Å². The fourth-order valence-electron chi connectivity index (χ4n) is 3.06. The first kappa shape index (κ1) is 17.2. The zero-order valence-electron chi connectivity index (χ0n) is 14.8. The minimum atomic E-state index is 0.102. The Morgan fingerprint density at radius 3 is 2.72 bits per heavy atom. The molecule has 1 atom stereocenters. The Bertz CT molecular complexity index is 708. The molecule has 1 amide bonds. The molecule has 0 bridgehead atoms. The summed E-state index contributed by atoms with van der Waals surface area (Å²) in [5, 5.41) is 0. The summed E-state index contributed by atoms with van der Waals surface area (Å²) >= 11 is 0. The van der Waals surface area contributed by atoms with Crippen LogP contribution < -0.4 is 9.64 Å². The highest BCUT2D eigenvalue weighted by Gasteiger charge is 2.25. The van der Waals surface area contributed by atoms with Crippen molar-refractivity contribution in [2.45, 2.75) is 13.8 Å². The van der Waals surface area contributed by atoms with Crippen LogP contribution in [0.1, 0.15) is 12.7 Å². The Morgan fingerprint density at radius 1 is 1.20 bits per heavy atom. The smallest absolute Gasteiger partial charge is 0.219 e. The summed E-state index contributed by atoms with van der Waals surface area (Å²) in [4.78, 5) is 24.7. The van der Waals surface area contributed by atoms with E-state index in [2.05, 4.69) is 14.9 Å². The van der Waals surface area contributed by atoms with E-state index in [0.29, 0.717) is 19.7 Å². The third-order valence-corrected chi connectivity index (χ3v) is 4.36. The molecule has 1 fully saturated rings. The van der Waals surface area contributed by atoms with E-state index in [1.54, 1.807) is 13.1 Å². The van der Waals surface area contributed by atoms with Gasteiger partial charge in [-0.1, -0.05) is 18.2 Å². The molecule has 6 heteroatoms.